The van der Waals surface area contributed by atoms with E-state index in [-0.39, 0.29) is 11.8 Å². The van der Waals surface area contributed by atoms with Crippen LogP contribution < -0.4 is 0 Å². The minimum atomic E-state index is -4.65. The van der Waals surface area contributed by atoms with Crippen LogP contribution in [0, 0.1) is 29.6 Å². The summed E-state index contributed by atoms with van der Waals surface area (Å²) in [6, 6.07) is 0. The highest BCUT2D eigenvalue weighted by Crippen LogP contribution is 2.59. The van der Waals surface area contributed by atoms with E-state index in [4.69, 9.17) is 9.47 Å². The van der Waals surface area contributed by atoms with Crippen molar-refractivity contribution in [3.8, 4) is 0 Å². The van der Waals surface area contributed by atoms with E-state index in [1.54, 1.807) is 0 Å². The highest BCUT2D eigenvalue weighted by atomic mass is 19.4. The predicted molar refractivity (Wildman–Crippen MR) is 81.8 cm³/mol. The van der Waals surface area contributed by atoms with E-state index in [0.717, 1.165) is 6.42 Å². The quantitative estimate of drug-likeness (QED) is 0.417. The van der Waals surface area contributed by atoms with Gasteiger partial charge in [-0.25, -0.2) is 0 Å². The summed E-state index contributed by atoms with van der Waals surface area (Å²) in [5, 5.41) is 0. The van der Waals surface area contributed by atoms with Gasteiger partial charge in [-0.1, -0.05) is 12.2 Å². The second kappa shape index (κ2) is 6.53. The molecule has 6 nitrogen and oxygen atoms in total. The van der Waals surface area contributed by atoms with E-state index >= 15 is 0 Å². The lowest BCUT2D eigenvalue weighted by Gasteiger charge is -2.31. The number of rotatable bonds is 4. The Morgan fingerprint density at radius 3 is 2.63 bits per heavy atom. The normalized spacial score (nSPS) is 39.4. The first kappa shape index (κ1) is 18.3. The van der Waals surface area contributed by atoms with Crippen LogP contribution >= 0.6 is 0 Å². The van der Waals surface area contributed by atoms with E-state index in [1.165, 1.54) is 0 Å². The summed E-state index contributed by atoms with van der Waals surface area (Å²) >= 11 is 0. The Balaban J connectivity index is 1.48. The Labute approximate surface area is 153 Å². The topological polar surface area (TPSA) is 78.9 Å². The summed E-state index contributed by atoms with van der Waals surface area (Å²) in [6.45, 7) is -1.70. The number of carbonyl (C=O) groups is 3. The second-order valence-electron chi connectivity index (χ2n) is 7.62. The summed E-state index contributed by atoms with van der Waals surface area (Å²) in [7, 11) is 0. The number of halogens is 3. The Morgan fingerprint density at radius 2 is 1.96 bits per heavy atom. The molecule has 0 aromatic heterocycles. The standard InChI is InChI=1S/C18H19F3O6/c19-18(20,21)7-25-16(23)11-9-6-10-12(11)17(24)27-14(10)13(9)26-15(22)8-4-2-1-3-5-8/h1-2,8-14H,3-7H2. The van der Waals surface area contributed by atoms with Gasteiger partial charge in [0.25, 0.3) is 0 Å². The molecule has 0 aromatic rings. The highest BCUT2D eigenvalue weighted by Gasteiger charge is 2.70. The summed E-state index contributed by atoms with van der Waals surface area (Å²) in [5.41, 5.74) is 0. The monoisotopic (exact) mass is 388 g/mol. The van der Waals surface area contributed by atoms with Crippen LogP contribution in [0.1, 0.15) is 25.7 Å². The molecule has 27 heavy (non-hydrogen) atoms. The van der Waals surface area contributed by atoms with E-state index in [2.05, 4.69) is 4.74 Å². The minimum Gasteiger partial charge on any atom is -0.458 e. The van der Waals surface area contributed by atoms with Crippen molar-refractivity contribution >= 4 is 17.9 Å². The predicted octanol–water partition coefficient (Wildman–Crippen LogP) is 2.17. The van der Waals surface area contributed by atoms with Crippen LogP contribution in [-0.4, -0.2) is 42.9 Å². The van der Waals surface area contributed by atoms with Gasteiger partial charge in [0.2, 0.25) is 0 Å². The maximum Gasteiger partial charge on any atom is 0.422 e. The van der Waals surface area contributed by atoms with Gasteiger partial charge >= 0.3 is 24.1 Å². The molecule has 148 valence electrons. The number of allylic oxidation sites excluding steroid dienone is 2. The fourth-order valence-electron chi connectivity index (χ4n) is 4.96. The number of hydrogen-bond donors (Lipinski definition) is 0. The van der Waals surface area contributed by atoms with Gasteiger partial charge in [0.05, 0.1) is 17.8 Å². The molecule has 0 aromatic carbocycles. The van der Waals surface area contributed by atoms with Gasteiger partial charge in [-0.15, -0.1) is 0 Å². The van der Waals surface area contributed by atoms with E-state index in [9.17, 15) is 27.6 Å². The van der Waals surface area contributed by atoms with Gasteiger partial charge < -0.3 is 14.2 Å². The molecule has 0 spiro atoms. The van der Waals surface area contributed by atoms with Crippen LogP contribution in [-0.2, 0) is 28.6 Å². The molecule has 2 saturated carbocycles. The molecule has 0 radical (unpaired) electrons. The third-order valence-electron chi connectivity index (χ3n) is 6.05. The van der Waals surface area contributed by atoms with Crippen LogP contribution in [0.5, 0.6) is 0 Å². The number of fused-ring (bicyclic) bond motifs is 1. The third-order valence-corrected chi connectivity index (χ3v) is 6.05. The van der Waals surface area contributed by atoms with Gasteiger partial charge in [-0.3, -0.25) is 14.4 Å². The molecule has 7 unspecified atom stereocenters. The molecule has 9 heteroatoms. The van der Waals surface area contributed by atoms with Crippen molar-refractivity contribution in [3.63, 3.8) is 0 Å². The van der Waals surface area contributed by atoms with Crippen molar-refractivity contribution in [1.82, 2.24) is 0 Å². The fraction of sp³-hybridized carbons (Fsp3) is 0.722. The Kier molecular flexibility index (Phi) is 4.43. The van der Waals surface area contributed by atoms with Gasteiger partial charge in [-0.2, -0.15) is 13.2 Å². The largest absolute Gasteiger partial charge is 0.458 e. The zero-order chi connectivity index (χ0) is 19.3. The molecule has 3 fully saturated rings. The number of ether oxygens (including phenoxy) is 3. The molecule has 4 aliphatic rings. The molecule has 1 saturated heterocycles. The first-order valence-corrected chi connectivity index (χ1v) is 9.05. The molecular formula is C18H19F3O6. The molecule has 2 bridgehead atoms. The van der Waals surface area contributed by atoms with Crippen molar-refractivity contribution < 1.29 is 41.8 Å². The van der Waals surface area contributed by atoms with Crippen molar-refractivity contribution in [2.75, 3.05) is 6.61 Å². The lowest BCUT2D eigenvalue weighted by atomic mass is 9.78. The number of esters is 3. The molecule has 7 atom stereocenters. The summed E-state index contributed by atoms with van der Waals surface area (Å²) < 4.78 is 52.4. The molecule has 1 heterocycles. The third kappa shape index (κ3) is 3.21. The molecule has 1 aliphatic heterocycles. The summed E-state index contributed by atoms with van der Waals surface area (Å²) in [6.07, 6.45) is 0.188. The van der Waals surface area contributed by atoms with Crippen molar-refractivity contribution in [1.29, 1.82) is 0 Å². The average Bonchev–Trinajstić information content (AvgIpc) is 3.23. The number of carbonyl (C=O) groups excluding carboxylic acids is 3. The molecular weight excluding hydrogens is 369 g/mol. The number of alkyl halides is 3. The SMILES string of the molecule is O=C(OC1C2CC3C1OC(=O)C3C2C(=O)OCC(F)(F)F)C1CC=CCC1. The average molecular weight is 388 g/mol. The highest BCUT2D eigenvalue weighted by molar-refractivity contribution is 5.86. The smallest absolute Gasteiger partial charge is 0.422 e. The Hall–Kier alpha value is -2.06. The lowest BCUT2D eigenvalue weighted by Crippen LogP contribution is -2.44. The Bertz CT molecular complexity index is 687. The fourth-order valence-corrected chi connectivity index (χ4v) is 4.96. The van der Waals surface area contributed by atoms with Crippen molar-refractivity contribution in [2.24, 2.45) is 29.6 Å². The van der Waals surface area contributed by atoms with Crippen molar-refractivity contribution in [3.05, 3.63) is 12.2 Å². The van der Waals surface area contributed by atoms with Crippen LogP contribution in [0.2, 0.25) is 0 Å². The van der Waals surface area contributed by atoms with E-state index in [1.807, 2.05) is 12.2 Å². The van der Waals surface area contributed by atoms with Crippen molar-refractivity contribution in [2.45, 2.75) is 44.1 Å². The zero-order valence-corrected chi connectivity index (χ0v) is 14.3. The first-order chi connectivity index (χ1) is 12.8. The van der Waals surface area contributed by atoms with Gasteiger partial charge in [-0.05, 0) is 25.7 Å². The minimum absolute atomic E-state index is 0.294. The Morgan fingerprint density at radius 1 is 1.19 bits per heavy atom. The van der Waals surface area contributed by atoms with Gasteiger partial charge in [0.1, 0.15) is 12.2 Å². The molecule has 0 amide bonds. The first-order valence-electron chi connectivity index (χ1n) is 9.05. The molecule has 0 N–H and O–H groups in total. The van der Waals surface area contributed by atoms with E-state index in [0.29, 0.717) is 19.3 Å². The lowest BCUT2D eigenvalue weighted by molar-refractivity contribution is -0.193. The van der Waals surface area contributed by atoms with Crippen LogP contribution in [0.25, 0.3) is 0 Å². The molecule has 3 aliphatic carbocycles. The summed E-state index contributed by atoms with van der Waals surface area (Å²) in [5.74, 6) is -5.17. The molecule has 4 rings (SSSR count). The van der Waals surface area contributed by atoms with Gasteiger partial charge in [0, 0.05) is 11.8 Å². The second-order valence-corrected chi connectivity index (χ2v) is 7.62. The number of hydrogen-bond acceptors (Lipinski definition) is 6. The zero-order valence-electron chi connectivity index (χ0n) is 14.3. The van der Waals surface area contributed by atoms with Gasteiger partial charge in [0.15, 0.2) is 6.61 Å². The maximum absolute atomic E-state index is 12.5. The van der Waals surface area contributed by atoms with E-state index < -0.39 is 60.7 Å². The maximum atomic E-state index is 12.5. The summed E-state index contributed by atoms with van der Waals surface area (Å²) in [4.78, 5) is 36.9. The van der Waals surface area contributed by atoms with Crippen LogP contribution in [0.4, 0.5) is 13.2 Å². The van der Waals surface area contributed by atoms with Crippen LogP contribution in [0.3, 0.4) is 0 Å². The van der Waals surface area contributed by atoms with Crippen LogP contribution in [0.15, 0.2) is 12.2 Å².